The third-order valence-corrected chi connectivity index (χ3v) is 3.90. The van der Waals surface area contributed by atoms with Crippen LogP contribution in [0.5, 0.6) is 0 Å². The van der Waals surface area contributed by atoms with Crippen molar-refractivity contribution in [2.24, 2.45) is 5.92 Å². The minimum absolute atomic E-state index is 0.198. The van der Waals surface area contributed by atoms with E-state index in [-0.39, 0.29) is 11.9 Å². The molecule has 0 bridgehead atoms. The lowest BCUT2D eigenvalue weighted by atomic mass is 9.95. The number of carbonyl (C=O) groups excluding carboxylic acids is 1. The summed E-state index contributed by atoms with van der Waals surface area (Å²) in [6.07, 6.45) is 3.32. The largest absolute Gasteiger partial charge is 0.427 e. The van der Waals surface area contributed by atoms with Gasteiger partial charge in [0, 0.05) is 32.6 Å². The van der Waals surface area contributed by atoms with Crippen LogP contribution in [0.4, 0.5) is 6.01 Å². The minimum atomic E-state index is 0.198. The normalized spacial score (nSPS) is 20.3. The summed E-state index contributed by atoms with van der Waals surface area (Å²) in [5.41, 5.74) is 6.43. The van der Waals surface area contributed by atoms with E-state index in [2.05, 4.69) is 4.98 Å². The second-order valence-electron chi connectivity index (χ2n) is 5.25. The Morgan fingerprint density at radius 2 is 2.21 bits per heavy atom. The zero-order valence-electron chi connectivity index (χ0n) is 10.9. The quantitative estimate of drug-likeness (QED) is 0.861. The van der Waals surface area contributed by atoms with E-state index < -0.39 is 0 Å². The number of oxazole rings is 1. The lowest BCUT2D eigenvalue weighted by Gasteiger charge is -2.28. The predicted molar refractivity (Wildman–Crippen MR) is 68.2 cm³/mol. The van der Waals surface area contributed by atoms with Crippen molar-refractivity contribution in [2.75, 3.05) is 25.5 Å². The average Bonchev–Trinajstić information content (AvgIpc) is 2.78. The van der Waals surface area contributed by atoms with Crippen molar-refractivity contribution >= 4 is 11.9 Å². The van der Waals surface area contributed by atoms with Crippen LogP contribution in [0.1, 0.15) is 30.7 Å². The molecule has 1 amide bonds. The number of hydrogen-bond acceptors (Lipinski definition) is 5. The van der Waals surface area contributed by atoms with Gasteiger partial charge in [0.1, 0.15) is 5.76 Å². The SMILES string of the molecule is Nc1nc2c(o1)CN(C(=O)CC1CCOCC1)CC2. The first-order valence-electron chi connectivity index (χ1n) is 6.82. The molecule has 1 aromatic rings. The lowest BCUT2D eigenvalue weighted by molar-refractivity contribution is -0.134. The zero-order valence-corrected chi connectivity index (χ0v) is 10.9. The molecule has 0 unspecified atom stereocenters. The van der Waals surface area contributed by atoms with Crippen molar-refractivity contribution in [2.45, 2.75) is 32.2 Å². The van der Waals surface area contributed by atoms with Crippen LogP contribution in [0.2, 0.25) is 0 Å². The first-order chi connectivity index (χ1) is 9.22. The van der Waals surface area contributed by atoms with Gasteiger partial charge in [0.25, 0.3) is 6.01 Å². The third-order valence-electron chi connectivity index (χ3n) is 3.90. The maximum atomic E-state index is 12.3. The maximum Gasteiger partial charge on any atom is 0.292 e. The summed E-state index contributed by atoms with van der Waals surface area (Å²) in [6, 6.07) is 0.198. The van der Waals surface area contributed by atoms with Crippen LogP contribution in [0.3, 0.4) is 0 Å². The molecule has 1 aromatic heterocycles. The minimum Gasteiger partial charge on any atom is -0.427 e. The van der Waals surface area contributed by atoms with Gasteiger partial charge in [0.15, 0.2) is 0 Å². The fourth-order valence-corrected chi connectivity index (χ4v) is 2.75. The molecule has 1 saturated heterocycles. The summed E-state index contributed by atoms with van der Waals surface area (Å²) < 4.78 is 10.6. The van der Waals surface area contributed by atoms with E-state index in [0.29, 0.717) is 25.4 Å². The number of rotatable bonds is 2. The van der Waals surface area contributed by atoms with Crippen molar-refractivity contribution in [3.63, 3.8) is 0 Å². The Hall–Kier alpha value is -1.56. The first kappa shape index (κ1) is 12.5. The van der Waals surface area contributed by atoms with Gasteiger partial charge in [-0.25, -0.2) is 0 Å². The van der Waals surface area contributed by atoms with E-state index in [9.17, 15) is 4.79 Å². The van der Waals surface area contributed by atoms with E-state index >= 15 is 0 Å². The monoisotopic (exact) mass is 265 g/mol. The molecule has 19 heavy (non-hydrogen) atoms. The van der Waals surface area contributed by atoms with Gasteiger partial charge in [0.05, 0.1) is 12.2 Å². The van der Waals surface area contributed by atoms with E-state index in [1.165, 1.54) is 0 Å². The van der Waals surface area contributed by atoms with Crippen LogP contribution < -0.4 is 5.73 Å². The van der Waals surface area contributed by atoms with Gasteiger partial charge in [0.2, 0.25) is 5.91 Å². The summed E-state index contributed by atoms with van der Waals surface area (Å²) in [4.78, 5) is 18.2. The highest BCUT2D eigenvalue weighted by atomic mass is 16.5. The van der Waals surface area contributed by atoms with Crippen molar-refractivity contribution < 1.29 is 13.9 Å². The number of fused-ring (bicyclic) bond motifs is 1. The van der Waals surface area contributed by atoms with E-state index in [4.69, 9.17) is 14.9 Å². The highest BCUT2D eigenvalue weighted by Crippen LogP contribution is 2.24. The van der Waals surface area contributed by atoms with Crippen molar-refractivity contribution in [3.8, 4) is 0 Å². The second kappa shape index (κ2) is 5.21. The van der Waals surface area contributed by atoms with Gasteiger partial charge >= 0.3 is 0 Å². The van der Waals surface area contributed by atoms with Gasteiger partial charge in [-0.2, -0.15) is 4.98 Å². The number of anilines is 1. The molecular weight excluding hydrogens is 246 g/mol. The van der Waals surface area contributed by atoms with Crippen molar-refractivity contribution in [3.05, 3.63) is 11.5 Å². The number of amides is 1. The molecular formula is C13H19N3O3. The fraction of sp³-hybridized carbons (Fsp3) is 0.692. The Balaban J connectivity index is 1.59. The molecule has 0 radical (unpaired) electrons. The average molecular weight is 265 g/mol. The predicted octanol–water partition coefficient (Wildman–Crippen LogP) is 0.958. The molecule has 0 aliphatic carbocycles. The molecule has 0 saturated carbocycles. The first-order valence-corrected chi connectivity index (χ1v) is 6.82. The molecule has 3 heterocycles. The summed E-state index contributed by atoms with van der Waals surface area (Å²) in [5, 5.41) is 0. The number of carbonyl (C=O) groups is 1. The van der Waals surface area contributed by atoms with Gasteiger partial charge < -0.3 is 19.8 Å². The van der Waals surface area contributed by atoms with Crippen LogP contribution >= 0.6 is 0 Å². The Labute approximate surface area is 111 Å². The highest BCUT2D eigenvalue weighted by Gasteiger charge is 2.27. The highest BCUT2D eigenvalue weighted by molar-refractivity contribution is 5.76. The number of ether oxygens (including phenoxy) is 1. The fourth-order valence-electron chi connectivity index (χ4n) is 2.75. The lowest BCUT2D eigenvalue weighted by Crippen LogP contribution is -2.37. The standard InChI is InChI=1S/C13H19N3O3/c14-13-15-10-1-4-16(8-11(10)19-13)12(17)7-9-2-5-18-6-3-9/h9H,1-8H2,(H2,14,15). The van der Waals surface area contributed by atoms with Gasteiger partial charge in [-0.05, 0) is 18.8 Å². The molecule has 0 aromatic carbocycles. The van der Waals surface area contributed by atoms with Crippen molar-refractivity contribution in [1.29, 1.82) is 0 Å². The molecule has 6 heteroatoms. The Morgan fingerprint density at radius 1 is 1.42 bits per heavy atom. The molecule has 104 valence electrons. The number of nitrogens with zero attached hydrogens (tertiary/aromatic N) is 2. The Morgan fingerprint density at radius 3 is 3.00 bits per heavy atom. The van der Waals surface area contributed by atoms with Crippen LogP contribution in [0.25, 0.3) is 0 Å². The maximum absolute atomic E-state index is 12.3. The molecule has 2 aliphatic rings. The van der Waals surface area contributed by atoms with Crippen LogP contribution in [-0.2, 0) is 22.5 Å². The molecule has 0 atom stereocenters. The Kier molecular flexibility index (Phi) is 3.42. The third kappa shape index (κ3) is 2.73. The molecule has 2 N–H and O–H groups in total. The molecule has 6 nitrogen and oxygen atoms in total. The van der Waals surface area contributed by atoms with Gasteiger partial charge in [-0.1, -0.05) is 0 Å². The number of nitrogens with two attached hydrogens (primary N) is 1. The molecule has 1 fully saturated rings. The van der Waals surface area contributed by atoms with Crippen LogP contribution in [0, 0.1) is 5.92 Å². The molecule has 3 rings (SSSR count). The van der Waals surface area contributed by atoms with Gasteiger partial charge in [-0.15, -0.1) is 0 Å². The van der Waals surface area contributed by atoms with Crippen molar-refractivity contribution in [1.82, 2.24) is 9.88 Å². The molecule has 2 aliphatic heterocycles. The number of hydrogen-bond donors (Lipinski definition) is 1. The zero-order chi connectivity index (χ0) is 13.2. The summed E-state index contributed by atoms with van der Waals surface area (Å²) in [5.74, 6) is 1.40. The topological polar surface area (TPSA) is 81.6 Å². The summed E-state index contributed by atoms with van der Waals surface area (Å²) >= 11 is 0. The van der Waals surface area contributed by atoms with Crippen LogP contribution in [-0.4, -0.2) is 35.5 Å². The van der Waals surface area contributed by atoms with E-state index in [0.717, 1.165) is 43.9 Å². The Bertz CT molecular complexity index is 466. The second-order valence-corrected chi connectivity index (χ2v) is 5.25. The van der Waals surface area contributed by atoms with E-state index in [1.54, 1.807) is 0 Å². The molecule has 0 spiro atoms. The smallest absolute Gasteiger partial charge is 0.292 e. The van der Waals surface area contributed by atoms with E-state index in [1.807, 2.05) is 4.90 Å². The van der Waals surface area contributed by atoms with Gasteiger partial charge in [-0.3, -0.25) is 4.79 Å². The summed E-state index contributed by atoms with van der Waals surface area (Å²) in [7, 11) is 0. The summed E-state index contributed by atoms with van der Waals surface area (Å²) in [6.45, 7) is 2.77. The van der Waals surface area contributed by atoms with Crippen LogP contribution in [0.15, 0.2) is 4.42 Å². The number of nitrogen functional groups attached to an aromatic ring is 1. The number of aromatic nitrogens is 1.